The quantitative estimate of drug-likeness (QED) is 0.885. The first-order chi connectivity index (χ1) is 11.1. The molecule has 23 heavy (non-hydrogen) atoms. The summed E-state index contributed by atoms with van der Waals surface area (Å²) in [6.45, 7) is 2.49. The molecule has 120 valence electrons. The standard InChI is InChI=1S/C15H16N4O4/c1-10-6-11(19-9-16-8-17-19)2-3-12(10)14(20)18-4-5-23-13(7-18)15(21)22/h2-3,6,8-9,13H,4-5,7H2,1H3,(H,21,22). The Morgan fingerprint density at radius 1 is 1.39 bits per heavy atom. The van der Waals surface area contributed by atoms with Gasteiger partial charge in [-0.05, 0) is 30.7 Å². The number of aliphatic carboxylic acids is 1. The molecule has 1 atom stereocenters. The Hall–Kier alpha value is -2.74. The van der Waals surface area contributed by atoms with Crippen molar-refractivity contribution in [2.45, 2.75) is 13.0 Å². The number of benzene rings is 1. The monoisotopic (exact) mass is 316 g/mol. The van der Waals surface area contributed by atoms with Gasteiger partial charge < -0.3 is 14.7 Å². The van der Waals surface area contributed by atoms with Crippen molar-refractivity contribution in [2.24, 2.45) is 0 Å². The number of rotatable bonds is 3. The fourth-order valence-electron chi connectivity index (χ4n) is 2.53. The number of amides is 1. The van der Waals surface area contributed by atoms with E-state index in [1.807, 2.05) is 13.0 Å². The first-order valence-corrected chi connectivity index (χ1v) is 7.15. The molecule has 0 bridgehead atoms. The van der Waals surface area contributed by atoms with E-state index in [1.54, 1.807) is 23.1 Å². The highest BCUT2D eigenvalue weighted by Gasteiger charge is 2.29. The van der Waals surface area contributed by atoms with Gasteiger partial charge in [-0.3, -0.25) is 4.79 Å². The van der Waals surface area contributed by atoms with Crippen molar-refractivity contribution in [1.82, 2.24) is 19.7 Å². The lowest BCUT2D eigenvalue weighted by atomic mass is 10.1. The maximum atomic E-state index is 12.6. The molecule has 2 heterocycles. The minimum absolute atomic E-state index is 0.0540. The molecule has 1 saturated heterocycles. The van der Waals surface area contributed by atoms with E-state index in [0.29, 0.717) is 12.1 Å². The minimum atomic E-state index is -1.05. The van der Waals surface area contributed by atoms with Gasteiger partial charge in [0.2, 0.25) is 0 Å². The largest absolute Gasteiger partial charge is 0.479 e. The molecule has 1 aromatic heterocycles. The molecule has 0 radical (unpaired) electrons. The van der Waals surface area contributed by atoms with Gasteiger partial charge in [0.25, 0.3) is 5.91 Å². The van der Waals surface area contributed by atoms with Crippen LogP contribution in [0.15, 0.2) is 30.9 Å². The van der Waals surface area contributed by atoms with Gasteiger partial charge in [0.1, 0.15) is 12.7 Å². The Morgan fingerprint density at radius 3 is 2.87 bits per heavy atom. The van der Waals surface area contributed by atoms with Crippen LogP contribution in [0.25, 0.3) is 5.69 Å². The topological polar surface area (TPSA) is 97.5 Å². The molecule has 0 aliphatic carbocycles. The van der Waals surface area contributed by atoms with Crippen LogP contribution in [0.2, 0.25) is 0 Å². The van der Waals surface area contributed by atoms with Gasteiger partial charge in [-0.2, -0.15) is 5.10 Å². The van der Waals surface area contributed by atoms with Crippen LogP contribution in [0.4, 0.5) is 0 Å². The third-order valence-corrected chi connectivity index (χ3v) is 3.75. The van der Waals surface area contributed by atoms with Crippen LogP contribution in [0.3, 0.4) is 0 Å². The van der Waals surface area contributed by atoms with E-state index in [1.165, 1.54) is 11.2 Å². The molecule has 2 aromatic rings. The Balaban J connectivity index is 1.81. The van der Waals surface area contributed by atoms with Crippen LogP contribution in [-0.2, 0) is 9.53 Å². The Kier molecular flexibility index (Phi) is 4.07. The summed E-state index contributed by atoms with van der Waals surface area (Å²) in [5.74, 6) is -1.25. The van der Waals surface area contributed by atoms with Gasteiger partial charge in [0.05, 0.1) is 18.8 Å². The number of morpholine rings is 1. The smallest absolute Gasteiger partial charge is 0.334 e. The molecule has 8 nitrogen and oxygen atoms in total. The molecule has 0 spiro atoms. The lowest BCUT2D eigenvalue weighted by Crippen LogP contribution is -2.48. The van der Waals surface area contributed by atoms with Crippen molar-refractivity contribution in [1.29, 1.82) is 0 Å². The number of hydrogen-bond donors (Lipinski definition) is 1. The summed E-state index contributed by atoms with van der Waals surface area (Å²) in [7, 11) is 0. The van der Waals surface area contributed by atoms with Crippen molar-refractivity contribution in [3.05, 3.63) is 42.0 Å². The molecule has 1 fully saturated rings. The zero-order chi connectivity index (χ0) is 16.4. The van der Waals surface area contributed by atoms with Gasteiger partial charge in [0, 0.05) is 12.1 Å². The molecule has 8 heteroatoms. The maximum absolute atomic E-state index is 12.6. The summed E-state index contributed by atoms with van der Waals surface area (Å²) >= 11 is 0. The van der Waals surface area contributed by atoms with Crippen LogP contribution in [-0.4, -0.2) is 62.4 Å². The van der Waals surface area contributed by atoms with E-state index in [-0.39, 0.29) is 19.1 Å². The predicted molar refractivity (Wildman–Crippen MR) is 79.4 cm³/mol. The molecular formula is C15H16N4O4. The van der Waals surface area contributed by atoms with Crippen molar-refractivity contribution >= 4 is 11.9 Å². The van der Waals surface area contributed by atoms with Crippen LogP contribution in [0.1, 0.15) is 15.9 Å². The van der Waals surface area contributed by atoms with E-state index in [4.69, 9.17) is 9.84 Å². The van der Waals surface area contributed by atoms with E-state index < -0.39 is 12.1 Å². The third-order valence-electron chi connectivity index (χ3n) is 3.75. The highest BCUT2D eigenvalue weighted by molar-refractivity contribution is 5.96. The molecule has 1 amide bonds. The van der Waals surface area contributed by atoms with Gasteiger partial charge >= 0.3 is 5.97 Å². The highest BCUT2D eigenvalue weighted by Crippen LogP contribution is 2.17. The molecule has 3 rings (SSSR count). The Labute approximate surface area is 132 Å². The van der Waals surface area contributed by atoms with E-state index >= 15 is 0 Å². The Morgan fingerprint density at radius 2 is 2.22 bits per heavy atom. The fraction of sp³-hybridized carbons (Fsp3) is 0.333. The zero-order valence-corrected chi connectivity index (χ0v) is 12.5. The SMILES string of the molecule is Cc1cc(-n2cncn2)ccc1C(=O)N1CCOC(C(=O)O)C1. The van der Waals surface area contributed by atoms with E-state index in [0.717, 1.165) is 11.3 Å². The van der Waals surface area contributed by atoms with Crippen molar-refractivity contribution in [3.63, 3.8) is 0 Å². The molecule has 1 N–H and O–H groups in total. The number of aromatic nitrogens is 3. The first-order valence-electron chi connectivity index (χ1n) is 7.15. The number of aryl methyl sites for hydroxylation is 1. The first kappa shape index (κ1) is 15.2. The molecule has 1 aromatic carbocycles. The van der Waals surface area contributed by atoms with Gasteiger partial charge in [0.15, 0.2) is 6.10 Å². The summed E-state index contributed by atoms with van der Waals surface area (Å²) in [5.41, 5.74) is 2.14. The van der Waals surface area contributed by atoms with Crippen LogP contribution in [0.5, 0.6) is 0 Å². The summed E-state index contributed by atoms with van der Waals surface area (Å²) in [4.78, 5) is 29.1. The summed E-state index contributed by atoms with van der Waals surface area (Å²) in [5, 5.41) is 13.1. The van der Waals surface area contributed by atoms with E-state index in [2.05, 4.69) is 10.1 Å². The lowest BCUT2D eigenvalue weighted by molar-refractivity contribution is -0.154. The fourth-order valence-corrected chi connectivity index (χ4v) is 2.53. The third kappa shape index (κ3) is 3.07. The number of nitrogens with zero attached hydrogens (tertiary/aromatic N) is 4. The molecule has 0 saturated carbocycles. The minimum Gasteiger partial charge on any atom is -0.479 e. The van der Waals surface area contributed by atoms with Crippen molar-refractivity contribution in [2.75, 3.05) is 19.7 Å². The lowest BCUT2D eigenvalue weighted by Gasteiger charge is -2.31. The number of carbonyl (C=O) groups is 2. The summed E-state index contributed by atoms with van der Waals surface area (Å²) in [6.07, 6.45) is 2.05. The number of carbonyl (C=O) groups excluding carboxylic acids is 1. The van der Waals surface area contributed by atoms with Crippen LogP contribution in [0, 0.1) is 6.92 Å². The molecular weight excluding hydrogens is 300 g/mol. The van der Waals surface area contributed by atoms with Crippen molar-refractivity contribution in [3.8, 4) is 5.69 Å². The number of carboxylic acid groups (broad SMARTS) is 1. The number of ether oxygens (including phenoxy) is 1. The second kappa shape index (κ2) is 6.17. The summed E-state index contributed by atoms with van der Waals surface area (Å²) in [6, 6.07) is 5.35. The Bertz CT molecular complexity index is 729. The van der Waals surface area contributed by atoms with Crippen molar-refractivity contribution < 1.29 is 19.4 Å². The van der Waals surface area contributed by atoms with Gasteiger partial charge in [-0.25, -0.2) is 14.5 Å². The molecule has 1 unspecified atom stereocenters. The molecule has 1 aliphatic heterocycles. The summed E-state index contributed by atoms with van der Waals surface area (Å²) < 4.78 is 6.75. The second-order valence-corrected chi connectivity index (χ2v) is 5.29. The number of carboxylic acids is 1. The average Bonchev–Trinajstić information content (AvgIpc) is 3.08. The second-order valence-electron chi connectivity index (χ2n) is 5.29. The van der Waals surface area contributed by atoms with Crippen LogP contribution < -0.4 is 0 Å². The van der Waals surface area contributed by atoms with Crippen LogP contribution >= 0.6 is 0 Å². The number of hydrogen-bond acceptors (Lipinski definition) is 5. The van der Waals surface area contributed by atoms with E-state index in [9.17, 15) is 9.59 Å². The average molecular weight is 316 g/mol. The maximum Gasteiger partial charge on any atom is 0.334 e. The predicted octanol–water partition coefficient (Wildman–Crippen LogP) is 0.501. The van der Waals surface area contributed by atoms with Gasteiger partial charge in [-0.1, -0.05) is 0 Å². The molecule has 1 aliphatic rings. The zero-order valence-electron chi connectivity index (χ0n) is 12.5. The highest BCUT2D eigenvalue weighted by atomic mass is 16.5. The normalized spacial score (nSPS) is 18.0. The van der Waals surface area contributed by atoms with Gasteiger partial charge in [-0.15, -0.1) is 0 Å².